The summed E-state index contributed by atoms with van der Waals surface area (Å²) in [5.41, 5.74) is 0.478. The van der Waals surface area contributed by atoms with E-state index in [1.165, 1.54) is 7.11 Å². The van der Waals surface area contributed by atoms with Gasteiger partial charge in [-0.1, -0.05) is 24.3 Å². The van der Waals surface area contributed by atoms with Crippen molar-refractivity contribution >= 4 is 23.5 Å². The number of amides is 2. The molecule has 3 aliphatic heterocycles. The van der Waals surface area contributed by atoms with E-state index in [-0.39, 0.29) is 35.3 Å². The lowest BCUT2D eigenvalue weighted by molar-refractivity contribution is -0.124. The van der Waals surface area contributed by atoms with Crippen LogP contribution in [0, 0.1) is 11.8 Å². The maximum Gasteiger partial charge on any atom is 0.339 e. The fourth-order valence-corrected chi connectivity index (χ4v) is 3.49. The molecule has 0 spiro atoms. The molecule has 112 valence electrons. The van der Waals surface area contributed by atoms with Crippen molar-refractivity contribution in [3.63, 3.8) is 0 Å². The normalized spacial score (nSPS) is 31.8. The molecule has 2 fully saturated rings. The number of benzene rings is 1. The second-order valence-electron chi connectivity index (χ2n) is 5.52. The second kappa shape index (κ2) is 4.51. The van der Waals surface area contributed by atoms with Crippen molar-refractivity contribution in [1.29, 1.82) is 0 Å². The van der Waals surface area contributed by atoms with Gasteiger partial charge in [0.1, 0.15) is 0 Å². The first kappa shape index (κ1) is 13.2. The third-order valence-electron chi connectivity index (χ3n) is 4.46. The van der Waals surface area contributed by atoms with Crippen molar-refractivity contribution in [3.05, 3.63) is 42.0 Å². The number of para-hydroxylation sites is 1. The van der Waals surface area contributed by atoms with Gasteiger partial charge in [-0.2, -0.15) is 0 Å². The van der Waals surface area contributed by atoms with Gasteiger partial charge >= 0.3 is 5.97 Å². The Morgan fingerprint density at radius 3 is 2.27 bits per heavy atom. The van der Waals surface area contributed by atoms with Crippen LogP contribution in [0.3, 0.4) is 0 Å². The first-order valence-corrected chi connectivity index (χ1v) is 7.02. The van der Waals surface area contributed by atoms with Gasteiger partial charge in [0.15, 0.2) is 0 Å². The number of nitrogens with zero attached hydrogens (tertiary/aromatic N) is 1. The smallest absolute Gasteiger partial charge is 0.339 e. The van der Waals surface area contributed by atoms with Crippen LogP contribution in [-0.2, 0) is 19.1 Å². The Labute approximate surface area is 126 Å². The number of ether oxygens (including phenoxy) is 2. The molecular formula is C16H13NO5. The Hall–Kier alpha value is -2.47. The molecule has 22 heavy (non-hydrogen) atoms. The highest BCUT2D eigenvalue weighted by Crippen LogP contribution is 2.46. The van der Waals surface area contributed by atoms with E-state index in [1.807, 2.05) is 12.2 Å². The summed E-state index contributed by atoms with van der Waals surface area (Å²) in [4.78, 5) is 38.4. The second-order valence-corrected chi connectivity index (χ2v) is 5.52. The molecule has 2 bridgehead atoms. The molecule has 4 rings (SSSR count). The van der Waals surface area contributed by atoms with Crippen LogP contribution in [-0.4, -0.2) is 37.1 Å². The third kappa shape index (κ3) is 1.55. The Kier molecular flexibility index (Phi) is 2.71. The quantitative estimate of drug-likeness (QED) is 0.461. The zero-order valence-electron chi connectivity index (χ0n) is 11.8. The zero-order chi connectivity index (χ0) is 15.4. The van der Waals surface area contributed by atoms with Crippen molar-refractivity contribution in [2.75, 3.05) is 12.0 Å². The van der Waals surface area contributed by atoms with Crippen LogP contribution < -0.4 is 4.90 Å². The Bertz CT molecular complexity index is 695. The van der Waals surface area contributed by atoms with E-state index in [1.54, 1.807) is 24.3 Å². The van der Waals surface area contributed by atoms with Crippen molar-refractivity contribution < 1.29 is 23.9 Å². The molecule has 4 atom stereocenters. The van der Waals surface area contributed by atoms with Crippen LogP contribution in [0.1, 0.15) is 10.4 Å². The number of hydrogen-bond acceptors (Lipinski definition) is 5. The maximum atomic E-state index is 12.7. The van der Waals surface area contributed by atoms with Crippen molar-refractivity contribution in [2.45, 2.75) is 12.2 Å². The van der Waals surface area contributed by atoms with E-state index in [9.17, 15) is 14.4 Å². The average Bonchev–Trinajstić information content (AvgIpc) is 3.21. The highest BCUT2D eigenvalue weighted by atomic mass is 16.5. The van der Waals surface area contributed by atoms with Gasteiger partial charge in [-0.25, -0.2) is 9.69 Å². The zero-order valence-corrected chi connectivity index (χ0v) is 11.8. The standard InChI is InChI=1S/C16H13NO5/c1-21-16(20)8-4-2-3-5-9(8)17-14(18)12-10-6-7-11(22-10)13(12)15(17)19/h2-7,10-13H,1H3/t10-,11+,12+,13-. The van der Waals surface area contributed by atoms with E-state index >= 15 is 0 Å². The molecule has 0 aliphatic carbocycles. The van der Waals surface area contributed by atoms with E-state index in [0.717, 1.165) is 4.90 Å². The summed E-state index contributed by atoms with van der Waals surface area (Å²) in [5.74, 6) is -2.20. The lowest BCUT2D eigenvalue weighted by Crippen LogP contribution is -2.35. The van der Waals surface area contributed by atoms with Gasteiger partial charge in [-0.3, -0.25) is 9.59 Å². The largest absolute Gasteiger partial charge is 0.465 e. The molecule has 0 saturated carbocycles. The average molecular weight is 299 g/mol. The fourth-order valence-electron chi connectivity index (χ4n) is 3.49. The Morgan fingerprint density at radius 1 is 1.09 bits per heavy atom. The van der Waals surface area contributed by atoms with Crippen LogP contribution in [0.15, 0.2) is 36.4 Å². The lowest BCUT2D eigenvalue weighted by atomic mass is 9.85. The molecule has 1 aromatic carbocycles. The number of esters is 1. The predicted molar refractivity (Wildman–Crippen MR) is 75.1 cm³/mol. The molecule has 3 aliphatic rings. The summed E-state index contributed by atoms with van der Waals surface area (Å²) in [7, 11) is 1.26. The molecule has 3 heterocycles. The number of fused-ring (bicyclic) bond motifs is 5. The maximum absolute atomic E-state index is 12.7. The molecule has 6 nitrogen and oxygen atoms in total. The molecule has 6 heteroatoms. The minimum atomic E-state index is -0.578. The van der Waals surface area contributed by atoms with Crippen LogP contribution in [0.25, 0.3) is 0 Å². The molecule has 2 amide bonds. The van der Waals surface area contributed by atoms with Gasteiger partial charge in [-0.15, -0.1) is 0 Å². The molecular weight excluding hydrogens is 286 g/mol. The summed E-state index contributed by atoms with van der Waals surface area (Å²) in [6, 6.07) is 6.47. The summed E-state index contributed by atoms with van der Waals surface area (Å²) in [6.45, 7) is 0. The molecule has 0 N–H and O–H groups in total. The minimum absolute atomic E-state index is 0.202. The monoisotopic (exact) mass is 299 g/mol. The van der Waals surface area contributed by atoms with E-state index in [0.29, 0.717) is 0 Å². The fraction of sp³-hybridized carbons (Fsp3) is 0.312. The highest BCUT2D eigenvalue weighted by molar-refractivity contribution is 6.24. The highest BCUT2D eigenvalue weighted by Gasteiger charge is 2.61. The van der Waals surface area contributed by atoms with Gasteiger partial charge < -0.3 is 9.47 Å². The van der Waals surface area contributed by atoms with Crippen LogP contribution in [0.5, 0.6) is 0 Å². The van der Waals surface area contributed by atoms with Crippen LogP contribution >= 0.6 is 0 Å². The van der Waals surface area contributed by atoms with Crippen molar-refractivity contribution in [1.82, 2.24) is 0 Å². The Balaban J connectivity index is 1.78. The Morgan fingerprint density at radius 2 is 1.68 bits per heavy atom. The topological polar surface area (TPSA) is 72.9 Å². The van der Waals surface area contributed by atoms with Gasteiger partial charge in [0, 0.05) is 0 Å². The molecule has 2 saturated heterocycles. The summed E-state index contributed by atoms with van der Waals surface area (Å²) in [6.07, 6.45) is 2.96. The third-order valence-corrected chi connectivity index (χ3v) is 4.46. The number of carbonyl (C=O) groups is 3. The molecule has 0 radical (unpaired) electrons. The van der Waals surface area contributed by atoms with Gasteiger partial charge in [0.2, 0.25) is 11.8 Å². The van der Waals surface area contributed by atoms with Crippen LogP contribution in [0.4, 0.5) is 5.69 Å². The predicted octanol–water partition coefficient (Wildman–Crippen LogP) is 0.916. The first-order valence-electron chi connectivity index (χ1n) is 7.02. The van der Waals surface area contributed by atoms with Gasteiger partial charge in [0.25, 0.3) is 0 Å². The van der Waals surface area contributed by atoms with Crippen LogP contribution in [0.2, 0.25) is 0 Å². The first-order chi connectivity index (χ1) is 10.6. The van der Waals surface area contributed by atoms with Gasteiger partial charge in [-0.05, 0) is 12.1 Å². The number of hydrogen-bond donors (Lipinski definition) is 0. The van der Waals surface area contributed by atoms with Gasteiger partial charge in [0.05, 0.1) is 42.4 Å². The number of imide groups is 1. The van der Waals surface area contributed by atoms with E-state index < -0.39 is 17.8 Å². The van der Waals surface area contributed by atoms with E-state index in [4.69, 9.17) is 9.47 Å². The van der Waals surface area contributed by atoms with Crippen molar-refractivity contribution in [3.8, 4) is 0 Å². The molecule has 1 aromatic rings. The lowest BCUT2D eigenvalue weighted by Gasteiger charge is -2.19. The summed E-state index contributed by atoms with van der Waals surface area (Å²) in [5, 5.41) is 0. The minimum Gasteiger partial charge on any atom is -0.465 e. The molecule has 0 aromatic heterocycles. The number of carbonyl (C=O) groups excluding carboxylic acids is 3. The molecule has 0 unspecified atom stereocenters. The summed E-state index contributed by atoms with van der Waals surface area (Å²) >= 11 is 0. The number of methoxy groups -OCH3 is 1. The van der Waals surface area contributed by atoms with Crippen molar-refractivity contribution in [2.24, 2.45) is 11.8 Å². The number of rotatable bonds is 2. The van der Waals surface area contributed by atoms with E-state index in [2.05, 4.69) is 0 Å². The summed E-state index contributed by atoms with van der Waals surface area (Å²) < 4.78 is 10.3. The SMILES string of the molecule is COC(=O)c1ccccc1N1C(=O)[C@@H]2[C@H](C1=O)[C@@H]1C=C[C@H]2O1. The number of anilines is 1.